The van der Waals surface area contributed by atoms with Gasteiger partial charge in [-0.25, -0.2) is 9.48 Å². The predicted molar refractivity (Wildman–Crippen MR) is 121 cm³/mol. The number of primary amides is 1. The lowest BCUT2D eigenvalue weighted by Crippen LogP contribution is -2.38. The summed E-state index contributed by atoms with van der Waals surface area (Å²) in [6.07, 6.45) is 1.16. The van der Waals surface area contributed by atoms with Gasteiger partial charge in [0.1, 0.15) is 10.9 Å². The van der Waals surface area contributed by atoms with Gasteiger partial charge < -0.3 is 20.1 Å². The summed E-state index contributed by atoms with van der Waals surface area (Å²) in [5, 5.41) is 6.06. The van der Waals surface area contributed by atoms with Crippen molar-refractivity contribution in [1.29, 1.82) is 0 Å². The van der Waals surface area contributed by atoms with E-state index in [1.54, 1.807) is 4.68 Å². The van der Waals surface area contributed by atoms with E-state index in [1.807, 2.05) is 48.5 Å². The van der Waals surface area contributed by atoms with Crippen molar-refractivity contribution in [2.45, 2.75) is 19.3 Å². The third kappa shape index (κ3) is 5.20. The van der Waals surface area contributed by atoms with Crippen LogP contribution in [0.25, 0.3) is 16.6 Å². The van der Waals surface area contributed by atoms with Gasteiger partial charge in [0, 0.05) is 11.9 Å². The number of carbonyl (C=O) groups is 2. The zero-order valence-corrected chi connectivity index (χ0v) is 18.3. The number of hydrogen-bond donors (Lipinski definition) is 1. The molecule has 0 unspecified atom stereocenters. The lowest BCUT2D eigenvalue weighted by atomic mass is 9.97. The van der Waals surface area contributed by atoms with Crippen molar-refractivity contribution in [1.82, 2.24) is 14.7 Å². The minimum atomic E-state index is -1.04. The summed E-state index contributed by atoms with van der Waals surface area (Å²) in [7, 11) is 0. The van der Waals surface area contributed by atoms with Gasteiger partial charge in [0.15, 0.2) is 0 Å². The Hall–Kier alpha value is -3.10. The van der Waals surface area contributed by atoms with Crippen molar-refractivity contribution in [2.24, 2.45) is 11.7 Å². The third-order valence-electron chi connectivity index (χ3n) is 5.61. The van der Waals surface area contributed by atoms with Gasteiger partial charge in [-0.2, -0.15) is 5.10 Å². The van der Waals surface area contributed by atoms with E-state index in [-0.39, 0.29) is 5.92 Å². The number of amides is 1. The second-order valence-corrected chi connectivity index (χ2v) is 8.13. The quantitative estimate of drug-likeness (QED) is 0.330. The summed E-state index contributed by atoms with van der Waals surface area (Å²) in [6, 6.07) is 15.5. The largest absolute Gasteiger partial charge is 0.494 e. The van der Waals surface area contributed by atoms with Crippen LogP contribution in [0.4, 0.5) is 4.79 Å². The minimum absolute atomic E-state index is 0.255. The number of rotatable bonds is 7. The second kappa shape index (κ2) is 10.0. The van der Waals surface area contributed by atoms with Gasteiger partial charge in [0.25, 0.3) is 0 Å². The topological polar surface area (TPSA) is 99.7 Å². The Balaban J connectivity index is 1.21. The van der Waals surface area contributed by atoms with Gasteiger partial charge in [0.05, 0.1) is 23.7 Å². The van der Waals surface area contributed by atoms with Crippen LogP contribution in [0.5, 0.6) is 5.75 Å². The summed E-state index contributed by atoms with van der Waals surface area (Å²) >= 11 is 6.47. The molecule has 1 aliphatic rings. The molecule has 3 aromatic rings. The SMILES string of the molecule is NC(=O)OC(=O)C1CCN(CCCOc2ccc(-n3nc4ccccc4c3Cl)cc2)CC1. The molecule has 9 heteroatoms. The Bertz CT molecular complexity index is 1090. The Kier molecular flexibility index (Phi) is 6.92. The fourth-order valence-corrected chi connectivity index (χ4v) is 4.20. The van der Waals surface area contributed by atoms with Crippen molar-refractivity contribution in [3.8, 4) is 11.4 Å². The Morgan fingerprint density at radius 1 is 1.09 bits per heavy atom. The summed E-state index contributed by atoms with van der Waals surface area (Å²) < 4.78 is 12.1. The van der Waals surface area contributed by atoms with Crippen LogP contribution in [0.3, 0.4) is 0 Å². The highest BCUT2D eigenvalue weighted by Crippen LogP contribution is 2.27. The lowest BCUT2D eigenvalue weighted by molar-refractivity contribution is -0.143. The highest BCUT2D eigenvalue weighted by molar-refractivity contribution is 6.34. The minimum Gasteiger partial charge on any atom is -0.494 e. The molecule has 2 N–H and O–H groups in total. The first-order valence-electron chi connectivity index (χ1n) is 10.6. The summed E-state index contributed by atoms with van der Waals surface area (Å²) in [5.74, 6) is 0.0114. The van der Waals surface area contributed by atoms with Crippen LogP contribution in [0.1, 0.15) is 19.3 Å². The Morgan fingerprint density at radius 2 is 1.81 bits per heavy atom. The number of carbonyl (C=O) groups excluding carboxylic acids is 2. The normalized spacial score (nSPS) is 15.0. The van der Waals surface area contributed by atoms with E-state index in [1.165, 1.54) is 0 Å². The number of piperidine rings is 1. The van der Waals surface area contributed by atoms with E-state index in [2.05, 4.69) is 14.7 Å². The number of halogens is 1. The number of likely N-dealkylation sites (tertiary alicyclic amines) is 1. The molecule has 4 rings (SSSR count). The molecule has 2 aromatic carbocycles. The predicted octanol–water partition coefficient (Wildman–Crippen LogP) is 3.78. The van der Waals surface area contributed by atoms with Crippen LogP contribution < -0.4 is 10.5 Å². The first-order chi connectivity index (χ1) is 15.5. The van der Waals surface area contributed by atoms with E-state index < -0.39 is 12.1 Å². The number of benzene rings is 2. The van der Waals surface area contributed by atoms with Crippen LogP contribution in [-0.2, 0) is 9.53 Å². The van der Waals surface area contributed by atoms with Crippen molar-refractivity contribution in [3.05, 3.63) is 53.7 Å². The zero-order chi connectivity index (χ0) is 22.5. The van der Waals surface area contributed by atoms with Gasteiger partial charge >= 0.3 is 12.1 Å². The maximum absolute atomic E-state index is 11.7. The maximum atomic E-state index is 11.7. The van der Waals surface area contributed by atoms with Gasteiger partial charge in [-0.1, -0.05) is 23.7 Å². The molecular formula is C23H25ClN4O4. The molecule has 168 valence electrons. The second-order valence-electron chi connectivity index (χ2n) is 7.77. The number of aromatic nitrogens is 2. The third-order valence-corrected chi connectivity index (χ3v) is 5.97. The summed E-state index contributed by atoms with van der Waals surface area (Å²) in [4.78, 5) is 24.7. The molecule has 2 heterocycles. The molecule has 0 saturated carbocycles. The Labute approximate surface area is 190 Å². The molecule has 0 spiro atoms. The average molecular weight is 457 g/mol. The van der Waals surface area contributed by atoms with Crippen LogP contribution in [0, 0.1) is 5.92 Å². The smallest absolute Gasteiger partial charge is 0.412 e. The fourth-order valence-electron chi connectivity index (χ4n) is 3.91. The zero-order valence-electron chi connectivity index (χ0n) is 17.6. The van der Waals surface area contributed by atoms with E-state index in [0.29, 0.717) is 24.6 Å². The molecular weight excluding hydrogens is 432 g/mol. The molecule has 0 radical (unpaired) electrons. The highest BCUT2D eigenvalue weighted by Gasteiger charge is 2.27. The van der Waals surface area contributed by atoms with Crippen LogP contribution in [0.15, 0.2) is 48.5 Å². The van der Waals surface area contributed by atoms with Gasteiger partial charge in [-0.05, 0) is 68.8 Å². The molecule has 1 fully saturated rings. The fraction of sp³-hybridized carbons (Fsp3) is 0.348. The molecule has 8 nitrogen and oxygen atoms in total. The molecule has 1 saturated heterocycles. The molecule has 0 aliphatic carbocycles. The number of fused-ring (bicyclic) bond motifs is 1. The first kappa shape index (κ1) is 22.1. The van der Waals surface area contributed by atoms with Crippen LogP contribution in [-0.4, -0.2) is 53.0 Å². The number of hydrogen-bond acceptors (Lipinski definition) is 6. The lowest BCUT2D eigenvalue weighted by Gasteiger charge is -2.30. The van der Waals surface area contributed by atoms with Crippen molar-refractivity contribution < 1.29 is 19.1 Å². The van der Waals surface area contributed by atoms with E-state index in [4.69, 9.17) is 22.1 Å². The van der Waals surface area contributed by atoms with Crippen molar-refractivity contribution in [2.75, 3.05) is 26.2 Å². The number of nitrogens with zero attached hydrogens (tertiary/aromatic N) is 3. The standard InChI is InChI=1S/C23H25ClN4O4/c24-21-19-4-1-2-5-20(19)26-28(21)17-6-8-18(9-7-17)31-15-3-12-27-13-10-16(11-14-27)22(29)32-23(25)30/h1-2,4-9,16H,3,10-15H2,(H2,25,30). The van der Waals surface area contributed by atoms with E-state index >= 15 is 0 Å². The average Bonchev–Trinajstić information content (AvgIpc) is 3.14. The van der Waals surface area contributed by atoms with Crippen LogP contribution in [0.2, 0.25) is 5.15 Å². The van der Waals surface area contributed by atoms with Gasteiger partial charge in [-0.3, -0.25) is 4.79 Å². The van der Waals surface area contributed by atoms with Gasteiger partial charge in [-0.15, -0.1) is 0 Å². The summed E-state index contributed by atoms with van der Waals surface area (Å²) in [5.41, 5.74) is 6.63. The first-order valence-corrected chi connectivity index (χ1v) is 11.0. The number of ether oxygens (including phenoxy) is 2. The summed E-state index contributed by atoms with van der Waals surface area (Å²) in [6.45, 7) is 3.04. The number of nitrogens with two attached hydrogens (primary N) is 1. The van der Waals surface area contributed by atoms with E-state index in [0.717, 1.165) is 48.4 Å². The molecule has 1 aliphatic heterocycles. The molecule has 1 amide bonds. The van der Waals surface area contributed by atoms with Crippen molar-refractivity contribution in [3.63, 3.8) is 0 Å². The monoisotopic (exact) mass is 456 g/mol. The maximum Gasteiger partial charge on any atom is 0.412 e. The van der Waals surface area contributed by atoms with E-state index in [9.17, 15) is 9.59 Å². The van der Waals surface area contributed by atoms with Crippen molar-refractivity contribution >= 4 is 34.6 Å². The molecule has 1 aromatic heterocycles. The Morgan fingerprint density at radius 3 is 2.50 bits per heavy atom. The molecule has 0 atom stereocenters. The molecule has 0 bridgehead atoms. The molecule has 32 heavy (non-hydrogen) atoms. The number of esters is 1. The van der Waals surface area contributed by atoms with Gasteiger partial charge in [0.2, 0.25) is 0 Å². The highest BCUT2D eigenvalue weighted by atomic mass is 35.5. The van der Waals surface area contributed by atoms with Crippen LogP contribution >= 0.6 is 11.6 Å².